The number of aromatic nitrogens is 1. The summed E-state index contributed by atoms with van der Waals surface area (Å²) in [6, 6.07) is 34.2. The summed E-state index contributed by atoms with van der Waals surface area (Å²) in [5.41, 5.74) is 6.21. The van der Waals surface area contributed by atoms with Crippen LogP contribution >= 0.6 is 0 Å². The molecule has 1 aliphatic carbocycles. The highest BCUT2D eigenvalue weighted by molar-refractivity contribution is 5.97. The number of aryl methyl sites for hydroxylation is 2. The maximum Gasteiger partial charge on any atom is 0.408 e. The molecule has 0 saturated heterocycles. The van der Waals surface area contributed by atoms with Gasteiger partial charge in [-0.1, -0.05) is 129 Å². The molecule has 6 rings (SSSR count). The number of ether oxygens (including phenoxy) is 3. The van der Waals surface area contributed by atoms with Crippen molar-refractivity contribution >= 4 is 23.8 Å². The minimum absolute atomic E-state index is 0.0130. The van der Waals surface area contributed by atoms with E-state index in [-0.39, 0.29) is 25.4 Å². The van der Waals surface area contributed by atoms with Crippen molar-refractivity contribution in [2.24, 2.45) is 11.8 Å². The van der Waals surface area contributed by atoms with Gasteiger partial charge in [-0.25, -0.2) is 9.59 Å². The van der Waals surface area contributed by atoms with E-state index in [0.29, 0.717) is 41.8 Å². The average molecular weight is 796 g/mol. The van der Waals surface area contributed by atoms with Crippen LogP contribution in [0.15, 0.2) is 121 Å². The summed E-state index contributed by atoms with van der Waals surface area (Å²) >= 11 is 0. The van der Waals surface area contributed by atoms with E-state index in [4.69, 9.17) is 19.2 Å². The number of pyridine rings is 1. The Morgan fingerprint density at radius 1 is 0.780 bits per heavy atom. The van der Waals surface area contributed by atoms with Gasteiger partial charge in [-0.3, -0.25) is 14.6 Å². The molecule has 1 N–H and O–H groups in total. The first-order valence-corrected chi connectivity index (χ1v) is 20.2. The number of esters is 1. The lowest BCUT2D eigenvalue weighted by molar-refractivity contribution is -0.161. The molecule has 0 aliphatic heterocycles. The molecule has 59 heavy (non-hydrogen) atoms. The molecular formula is C49H53N3O7. The number of nitrogens with zero attached hydrogens (tertiary/aromatic N) is 2. The van der Waals surface area contributed by atoms with E-state index in [0.717, 1.165) is 27.9 Å². The van der Waals surface area contributed by atoms with E-state index in [2.05, 4.69) is 5.32 Å². The van der Waals surface area contributed by atoms with E-state index >= 15 is 9.59 Å². The zero-order valence-electron chi connectivity index (χ0n) is 34.4. The maximum absolute atomic E-state index is 15.8. The molecular weight excluding hydrogens is 743 g/mol. The Morgan fingerprint density at radius 3 is 1.98 bits per heavy atom. The summed E-state index contributed by atoms with van der Waals surface area (Å²) in [6.45, 7) is 7.70. The van der Waals surface area contributed by atoms with E-state index < -0.39 is 47.9 Å². The Morgan fingerprint density at radius 2 is 1.37 bits per heavy atom. The Kier molecular flexibility index (Phi) is 14.3. The fourth-order valence-electron chi connectivity index (χ4n) is 7.93. The molecule has 4 atom stereocenters. The van der Waals surface area contributed by atoms with Crippen molar-refractivity contribution in [3.05, 3.63) is 166 Å². The molecule has 10 heteroatoms. The van der Waals surface area contributed by atoms with Crippen molar-refractivity contribution in [2.45, 2.75) is 84.7 Å². The number of methoxy groups -OCH3 is 1. The number of alkyl carbamates (subject to hydrolysis) is 1. The number of benzene rings is 4. The number of ketones is 1. The van der Waals surface area contributed by atoms with Crippen LogP contribution in [0.25, 0.3) is 0 Å². The fraction of sp³-hybridized carbons (Fsp3) is 0.327. The summed E-state index contributed by atoms with van der Waals surface area (Å²) in [6.07, 6.45) is 0.537. The molecule has 1 aromatic heterocycles. The number of para-hydroxylation sites is 1. The van der Waals surface area contributed by atoms with Gasteiger partial charge in [0.25, 0.3) is 0 Å². The number of Topliss-reactive ketones (excluding diaryl/α,β-unsaturated/α-hetero) is 1. The Labute approximate surface area is 346 Å². The summed E-state index contributed by atoms with van der Waals surface area (Å²) < 4.78 is 17.4. The Balaban J connectivity index is 1.45. The normalized spacial score (nSPS) is 14.3. The van der Waals surface area contributed by atoms with Crippen molar-refractivity contribution in [2.75, 3.05) is 7.11 Å². The van der Waals surface area contributed by atoms with Crippen LogP contribution in [0.2, 0.25) is 0 Å². The summed E-state index contributed by atoms with van der Waals surface area (Å²) in [5, 5.41) is 2.92. The van der Waals surface area contributed by atoms with Crippen LogP contribution in [-0.4, -0.2) is 52.8 Å². The number of hydrogen-bond acceptors (Lipinski definition) is 8. The van der Waals surface area contributed by atoms with Crippen molar-refractivity contribution < 1.29 is 33.4 Å². The smallest absolute Gasteiger partial charge is 0.408 e. The second-order valence-electron chi connectivity index (χ2n) is 15.3. The van der Waals surface area contributed by atoms with Crippen LogP contribution < -0.4 is 10.1 Å². The maximum atomic E-state index is 15.8. The molecule has 0 unspecified atom stereocenters. The van der Waals surface area contributed by atoms with Crippen LogP contribution in [0.3, 0.4) is 0 Å². The quantitative estimate of drug-likeness (QED) is 0.0934. The van der Waals surface area contributed by atoms with Gasteiger partial charge in [-0.15, -0.1) is 0 Å². The Bertz CT molecular complexity index is 2200. The zero-order chi connectivity index (χ0) is 41.9. The lowest BCUT2D eigenvalue weighted by atomic mass is 9.87. The highest BCUT2D eigenvalue weighted by Gasteiger charge is 2.47. The molecule has 1 heterocycles. The summed E-state index contributed by atoms with van der Waals surface area (Å²) in [7, 11) is 1.28. The molecule has 0 saturated carbocycles. The van der Waals surface area contributed by atoms with Crippen molar-refractivity contribution in [3.63, 3.8) is 0 Å². The van der Waals surface area contributed by atoms with Crippen LogP contribution in [0.4, 0.5) is 4.79 Å². The number of nitrogens with one attached hydrogen (secondary N) is 1. The van der Waals surface area contributed by atoms with Gasteiger partial charge in [-0.2, -0.15) is 0 Å². The standard InChI is InChI=1S/C49H53N3O7/c1-6-32(2)45(48(55)57-5)52(47(54)44(40-27-37-21-13-14-22-38(37)28-40)51-49(56)59-31-36-19-11-8-12-20-36)46(41-26-25-33(3)50-34(41)4)42(53)29-39-23-15-16-24-43(39)58-30-35-17-9-7-10-18-35/h7-26,32,40,44-46H,6,27-31H2,1-5H3,(H,51,56)/t32-,44+,45+,46+/m0/s1. The van der Waals surface area contributed by atoms with Crippen LogP contribution in [0.5, 0.6) is 5.75 Å². The lowest BCUT2D eigenvalue weighted by Gasteiger charge is -2.41. The molecule has 1 aliphatic rings. The van der Waals surface area contributed by atoms with E-state index in [9.17, 15) is 9.59 Å². The molecule has 0 radical (unpaired) electrons. The van der Waals surface area contributed by atoms with Crippen molar-refractivity contribution in [1.82, 2.24) is 15.2 Å². The fourth-order valence-corrected chi connectivity index (χ4v) is 7.93. The minimum Gasteiger partial charge on any atom is -0.489 e. The zero-order valence-corrected chi connectivity index (χ0v) is 34.4. The van der Waals surface area contributed by atoms with Crippen molar-refractivity contribution in [1.29, 1.82) is 0 Å². The molecule has 2 amide bonds. The van der Waals surface area contributed by atoms with Gasteiger partial charge in [-0.05, 0) is 72.9 Å². The van der Waals surface area contributed by atoms with Crippen LogP contribution in [-0.2, 0) is 56.3 Å². The molecule has 4 aromatic carbocycles. The third-order valence-corrected chi connectivity index (χ3v) is 11.2. The van der Waals surface area contributed by atoms with Gasteiger partial charge in [0.2, 0.25) is 5.91 Å². The number of rotatable bonds is 17. The van der Waals surface area contributed by atoms with Crippen LogP contribution in [0.1, 0.15) is 71.1 Å². The molecule has 10 nitrogen and oxygen atoms in total. The first-order valence-electron chi connectivity index (χ1n) is 20.2. The minimum atomic E-state index is -1.30. The van der Waals surface area contributed by atoms with E-state index in [1.165, 1.54) is 12.0 Å². The van der Waals surface area contributed by atoms with Gasteiger partial charge in [0, 0.05) is 28.9 Å². The molecule has 306 valence electrons. The number of hydrogen-bond donors (Lipinski definition) is 1. The first-order chi connectivity index (χ1) is 28.6. The molecule has 0 bridgehead atoms. The third kappa shape index (κ3) is 10.4. The number of fused-ring (bicyclic) bond motifs is 1. The van der Waals surface area contributed by atoms with Gasteiger partial charge in [0.15, 0.2) is 5.78 Å². The predicted octanol–water partition coefficient (Wildman–Crippen LogP) is 8.26. The Hall–Kier alpha value is -6.29. The summed E-state index contributed by atoms with van der Waals surface area (Å²) in [5.74, 6) is -1.97. The van der Waals surface area contributed by atoms with Crippen molar-refractivity contribution in [3.8, 4) is 5.75 Å². The van der Waals surface area contributed by atoms with E-state index in [1.54, 1.807) is 19.1 Å². The van der Waals surface area contributed by atoms with E-state index in [1.807, 2.05) is 130 Å². The second-order valence-corrected chi connectivity index (χ2v) is 15.3. The number of carbonyl (C=O) groups is 4. The molecule has 5 aromatic rings. The van der Waals surface area contributed by atoms with Gasteiger partial charge >= 0.3 is 12.1 Å². The second kappa shape index (κ2) is 19.9. The lowest BCUT2D eigenvalue weighted by Crippen LogP contribution is -2.60. The van der Waals surface area contributed by atoms with Crippen LogP contribution in [0, 0.1) is 25.7 Å². The topological polar surface area (TPSA) is 124 Å². The first kappa shape index (κ1) is 42.3. The molecule has 0 fully saturated rings. The SMILES string of the molecule is CC[C@H](C)[C@H](C(=O)OC)N(C(=O)[C@H](NC(=O)OCc1ccccc1)C1Cc2ccccc2C1)[C@@H](C(=O)Cc1ccccc1OCc1ccccc1)c1ccc(C)nc1C. The number of amides is 2. The third-order valence-electron chi connectivity index (χ3n) is 11.2. The monoisotopic (exact) mass is 795 g/mol. The average Bonchev–Trinajstić information content (AvgIpc) is 3.69. The molecule has 0 spiro atoms. The predicted molar refractivity (Wildman–Crippen MR) is 225 cm³/mol. The van der Waals surface area contributed by atoms with Gasteiger partial charge in [0.05, 0.1) is 7.11 Å². The van der Waals surface area contributed by atoms with Gasteiger partial charge in [0.1, 0.15) is 37.1 Å². The highest BCUT2D eigenvalue weighted by Crippen LogP contribution is 2.36. The largest absolute Gasteiger partial charge is 0.489 e. The summed E-state index contributed by atoms with van der Waals surface area (Å²) in [4.78, 5) is 65.1. The highest BCUT2D eigenvalue weighted by atomic mass is 16.5. The number of carbonyl (C=O) groups excluding carboxylic acids is 4. The van der Waals surface area contributed by atoms with Gasteiger partial charge < -0.3 is 24.4 Å².